The van der Waals surface area contributed by atoms with Crippen molar-refractivity contribution in [3.63, 3.8) is 0 Å². The van der Waals surface area contributed by atoms with Gasteiger partial charge >= 0.3 is 0 Å². The molecule has 1 aliphatic heterocycles. The van der Waals surface area contributed by atoms with Crippen LogP contribution in [-0.4, -0.2) is 27.1 Å². The van der Waals surface area contributed by atoms with Crippen LogP contribution in [0, 0.1) is 5.82 Å². The Morgan fingerprint density at radius 1 is 1.45 bits per heavy atom. The van der Waals surface area contributed by atoms with E-state index in [1.165, 1.54) is 12.3 Å². The van der Waals surface area contributed by atoms with Gasteiger partial charge in [-0.05, 0) is 25.8 Å². The van der Waals surface area contributed by atoms with Crippen LogP contribution in [0.15, 0.2) is 30.5 Å². The molecule has 116 valence electrons. The van der Waals surface area contributed by atoms with Crippen LogP contribution in [0.4, 0.5) is 4.39 Å². The summed E-state index contributed by atoms with van der Waals surface area (Å²) in [7, 11) is 0. The number of carbonyl (C=O) groups is 1. The highest BCUT2D eigenvalue weighted by molar-refractivity contribution is 6.33. The molecule has 1 amide bonds. The van der Waals surface area contributed by atoms with Gasteiger partial charge in [0.1, 0.15) is 11.5 Å². The van der Waals surface area contributed by atoms with Gasteiger partial charge in [0.25, 0.3) is 5.91 Å². The molecule has 0 saturated carbocycles. The van der Waals surface area contributed by atoms with Crippen LogP contribution in [0.2, 0.25) is 5.02 Å². The Hall–Kier alpha value is -1.88. The molecule has 0 bridgehead atoms. The minimum Gasteiger partial charge on any atom is -0.330 e. The Labute approximate surface area is 133 Å². The number of likely N-dealkylation sites (tertiary alicyclic amines) is 1. The standard InChI is InChI=1S/C16H17ClFN3O/c1-2-21-15(12(17)10-19-21)16(22)20-9-5-8-14(20)11-6-3-4-7-13(11)18/h3-4,6-7,10,14H,2,5,8-9H2,1H3/t14-/m1/s1. The first kappa shape index (κ1) is 15.0. The van der Waals surface area contributed by atoms with E-state index in [-0.39, 0.29) is 17.8 Å². The Morgan fingerprint density at radius 2 is 2.23 bits per heavy atom. The zero-order chi connectivity index (χ0) is 15.7. The largest absolute Gasteiger partial charge is 0.330 e. The topological polar surface area (TPSA) is 38.1 Å². The van der Waals surface area contributed by atoms with E-state index in [2.05, 4.69) is 5.10 Å². The summed E-state index contributed by atoms with van der Waals surface area (Å²) in [5.74, 6) is -0.461. The van der Waals surface area contributed by atoms with Gasteiger partial charge in [0.2, 0.25) is 0 Å². The maximum absolute atomic E-state index is 14.1. The summed E-state index contributed by atoms with van der Waals surface area (Å²) in [6.07, 6.45) is 3.08. The number of rotatable bonds is 3. The highest BCUT2D eigenvalue weighted by Crippen LogP contribution is 2.35. The molecule has 1 aromatic heterocycles. The van der Waals surface area contributed by atoms with Gasteiger partial charge in [0, 0.05) is 18.7 Å². The monoisotopic (exact) mass is 321 g/mol. The molecule has 0 radical (unpaired) electrons. The van der Waals surface area contributed by atoms with Crippen molar-refractivity contribution >= 4 is 17.5 Å². The number of halogens is 2. The van der Waals surface area contributed by atoms with E-state index in [1.54, 1.807) is 27.8 Å². The lowest BCUT2D eigenvalue weighted by Gasteiger charge is -2.25. The lowest BCUT2D eigenvalue weighted by atomic mass is 10.0. The molecule has 3 rings (SSSR count). The summed E-state index contributed by atoms with van der Waals surface area (Å²) in [5, 5.41) is 4.44. The van der Waals surface area contributed by atoms with Crippen LogP contribution in [0.3, 0.4) is 0 Å². The Bertz CT molecular complexity index is 700. The summed E-state index contributed by atoms with van der Waals surface area (Å²) >= 11 is 6.12. The predicted octanol–water partition coefficient (Wildman–Crippen LogP) is 3.67. The third-order valence-corrected chi connectivity index (χ3v) is 4.35. The van der Waals surface area contributed by atoms with Crippen molar-refractivity contribution in [2.75, 3.05) is 6.54 Å². The molecule has 2 heterocycles. The number of aromatic nitrogens is 2. The van der Waals surface area contributed by atoms with Gasteiger partial charge in [-0.1, -0.05) is 29.8 Å². The van der Waals surface area contributed by atoms with Gasteiger partial charge in [0.05, 0.1) is 17.3 Å². The second kappa shape index (κ2) is 6.08. The van der Waals surface area contributed by atoms with Gasteiger partial charge < -0.3 is 4.90 Å². The summed E-state index contributed by atoms with van der Waals surface area (Å²) in [4.78, 5) is 14.6. The Morgan fingerprint density at radius 3 is 2.95 bits per heavy atom. The second-order valence-corrected chi connectivity index (χ2v) is 5.74. The van der Waals surface area contributed by atoms with Crippen molar-refractivity contribution in [1.82, 2.24) is 14.7 Å². The summed E-state index contributed by atoms with van der Waals surface area (Å²) in [6, 6.07) is 6.38. The molecular weight excluding hydrogens is 305 g/mol. The van der Waals surface area contributed by atoms with Crippen LogP contribution in [-0.2, 0) is 6.54 Å². The highest BCUT2D eigenvalue weighted by atomic mass is 35.5. The molecule has 0 unspecified atom stereocenters. The fraction of sp³-hybridized carbons (Fsp3) is 0.375. The van der Waals surface area contributed by atoms with Crippen LogP contribution in [0.25, 0.3) is 0 Å². The molecule has 0 N–H and O–H groups in total. The van der Waals surface area contributed by atoms with E-state index >= 15 is 0 Å². The fourth-order valence-corrected chi connectivity index (χ4v) is 3.25. The van der Waals surface area contributed by atoms with Crippen molar-refractivity contribution in [3.8, 4) is 0 Å². The molecule has 6 heteroatoms. The zero-order valence-corrected chi connectivity index (χ0v) is 13.1. The average Bonchev–Trinajstić information content (AvgIpc) is 3.13. The molecular formula is C16H17ClFN3O. The van der Waals surface area contributed by atoms with Crippen molar-refractivity contribution in [2.24, 2.45) is 0 Å². The number of benzene rings is 1. The van der Waals surface area contributed by atoms with Crippen LogP contribution in [0.5, 0.6) is 0 Å². The predicted molar refractivity (Wildman–Crippen MR) is 82.3 cm³/mol. The normalized spacial score (nSPS) is 18.0. The first-order valence-electron chi connectivity index (χ1n) is 7.40. The van der Waals surface area contributed by atoms with Gasteiger partial charge in [-0.2, -0.15) is 5.10 Å². The van der Waals surface area contributed by atoms with E-state index in [1.807, 2.05) is 6.92 Å². The first-order chi connectivity index (χ1) is 10.6. The number of hydrogen-bond donors (Lipinski definition) is 0. The third-order valence-electron chi connectivity index (χ3n) is 4.07. The summed E-state index contributed by atoms with van der Waals surface area (Å²) in [6.45, 7) is 3.06. The quantitative estimate of drug-likeness (QED) is 0.865. The highest BCUT2D eigenvalue weighted by Gasteiger charge is 2.34. The lowest BCUT2D eigenvalue weighted by molar-refractivity contribution is 0.0721. The average molecular weight is 322 g/mol. The minimum atomic E-state index is -0.276. The van der Waals surface area contributed by atoms with Crippen LogP contribution < -0.4 is 0 Å². The van der Waals surface area contributed by atoms with Crippen LogP contribution in [0.1, 0.15) is 41.9 Å². The van der Waals surface area contributed by atoms with Gasteiger partial charge in [0.15, 0.2) is 0 Å². The molecule has 0 aliphatic carbocycles. The first-order valence-corrected chi connectivity index (χ1v) is 7.78. The number of nitrogens with zero attached hydrogens (tertiary/aromatic N) is 3. The number of amides is 1. The van der Waals surface area contributed by atoms with Crippen molar-refractivity contribution in [2.45, 2.75) is 32.4 Å². The lowest BCUT2D eigenvalue weighted by Crippen LogP contribution is -2.32. The second-order valence-electron chi connectivity index (χ2n) is 5.33. The minimum absolute atomic E-state index is 0.185. The van der Waals surface area contributed by atoms with E-state index in [9.17, 15) is 9.18 Å². The van der Waals surface area contributed by atoms with E-state index in [4.69, 9.17) is 11.6 Å². The molecule has 1 fully saturated rings. The van der Waals surface area contributed by atoms with Crippen molar-refractivity contribution in [1.29, 1.82) is 0 Å². The smallest absolute Gasteiger partial charge is 0.274 e. The maximum atomic E-state index is 14.1. The van der Waals surface area contributed by atoms with Gasteiger partial charge in [-0.15, -0.1) is 0 Å². The Kier molecular flexibility index (Phi) is 4.16. The van der Waals surface area contributed by atoms with Gasteiger partial charge in [-0.25, -0.2) is 4.39 Å². The molecule has 4 nitrogen and oxygen atoms in total. The number of carbonyl (C=O) groups excluding carboxylic acids is 1. The Balaban J connectivity index is 1.95. The zero-order valence-electron chi connectivity index (χ0n) is 12.3. The summed E-state index contributed by atoms with van der Waals surface area (Å²) < 4.78 is 15.6. The van der Waals surface area contributed by atoms with Crippen molar-refractivity contribution < 1.29 is 9.18 Å². The molecule has 1 atom stereocenters. The van der Waals surface area contributed by atoms with Crippen molar-refractivity contribution in [3.05, 3.63) is 52.6 Å². The van der Waals surface area contributed by atoms with E-state index in [0.29, 0.717) is 29.4 Å². The van der Waals surface area contributed by atoms with E-state index < -0.39 is 0 Å². The third kappa shape index (κ3) is 2.50. The SMILES string of the molecule is CCn1ncc(Cl)c1C(=O)N1CCC[C@@H]1c1ccccc1F. The van der Waals surface area contributed by atoms with Crippen LogP contribution >= 0.6 is 11.6 Å². The molecule has 22 heavy (non-hydrogen) atoms. The number of aryl methyl sites for hydroxylation is 1. The maximum Gasteiger partial charge on any atom is 0.274 e. The van der Waals surface area contributed by atoms with E-state index in [0.717, 1.165) is 12.8 Å². The molecule has 2 aromatic rings. The molecule has 1 aromatic carbocycles. The number of hydrogen-bond acceptors (Lipinski definition) is 2. The molecule has 0 spiro atoms. The van der Waals surface area contributed by atoms with Gasteiger partial charge in [-0.3, -0.25) is 9.48 Å². The molecule has 1 aliphatic rings. The molecule has 1 saturated heterocycles. The summed E-state index contributed by atoms with van der Waals surface area (Å²) in [5.41, 5.74) is 0.944. The fourth-order valence-electron chi connectivity index (χ4n) is 3.03.